The Balaban J connectivity index is 1.89. The van der Waals surface area contributed by atoms with Gasteiger partial charge in [0, 0.05) is 30.6 Å². The van der Waals surface area contributed by atoms with Crippen LogP contribution in [-0.2, 0) is 9.53 Å². The first-order valence-corrected chi connectivity index (χ1v) is 7.59. The van der Waals surface area contributed by atoms with Gasteiger partial charge in [-0.05, 0) is 31.5 Å². The van der Waals surface area contributed by atoms with Gasteiger partial charge in [0.25, 0.3) is 5.91 Å². The van der Waals surface area contributed by atoms with Crippen molar-refractivity contribution in [2.24, 2.45) is 5.92 Å². The van der Waals surface area contributed by atoms with Crippen LogP contribution >= 0.6 is 15.9 Å². The Kier molecular flexibility index (Phi) is 5.43. The molecule has 1 amide bonds. The van der Waals surface area contributed by atoms with Gasteiger partial charge < -0.3 is 14.4 Å². The summed E-state index contributed by atoms with van der Waals surface area (Å²) < 4.78 is 11.8. The zero-order chi connectivity index (χ0) is 14.5. The average molecular weight is 342 g/mol. The number of nitrogens with zero attached hydrogens (tertiary/aromatic N) is 1. The minimum atomic E-state index is -0.467. The Labute approximate surface area is 128 Å². The molecular weight excluding hydrogens is 322 g/mol. The Morgan fingerprint density at radius 2 is 2.35 bits per heavy atom. The molecule has 0 N–H and O–H groups in total. The van der Waals surface area contributed by atoms with E-state index in [1.165, 1.54) is 0 Å². The highest BCUT2D eigenvalue weighted by atomic mass is 79.9. The van der Waals surface area contributed by atoms with Gasteiger partial charge >= 0.3 is 0 Å². The summed E-state index contributed by atoms with van der Waals surface area (Å²) in [6.07, 6.45) is 0.536. The first kappa shape index (κ1) is 15.3. The maximum Gasteiger partial charge on any atom is 0.263 e. The van der Waals surface area contributed by atoms with Crippen molar-refractivity contribution in [1.82, 2.24) is 4.90 Å². The highest BCUT2D eigenvalue weighted by molar-refractivity contribution is 9.10. The Bertz CT molecular complexity index is 466. The van der Waals surface area contributed by atoms with Crippen LogP contribution in [0.3, 0.4) is 0 Å². The second kappa shape index (κ2) is 7.09. The molecule has 0 spiro atoms. The second-order valence-electron chi connectivity index (χ2n) is 5.11. The van der Waals surface area contributed by atoms with Crippen LogP contribution in [0.4, 0.5) is 0 Å². The Morgan fingerprint density at radius 3 is 3.05 bits per heavy atom. The molecule has 4 nitrogen and oxygen atoms in total. The van der Waals surface area contributed by atoms with Crippen LogP contribution in [0.25, 0.3) is 0 Å². The molecule has 0 aliphatic carbocycles. The van der Waals surface area contributed by atoms with E-state index in [0.29, 0.717) is 18.3 Å². The van der Waals surface area contributed by atoms with Gasteiger partial charge in [0.15, 0.2) is 6.10 Å². The van der Waals surface area contributed by atoms with Gasteiger partial charge in [-0.1, -0.05) is 22.0 Å². The van der Waals surface area contributed by atoms with Crippen molar-refractivity contribution in [2.45, 2.75) is 19.4 Å². The van der Waals surface area contributed by atoms with Crippen LogP contribution in [0, 0.1) is 5.92 Å². The monoisotopic (exact) mass is 341 g/mol. The minimum Gasteiger partial charge on any atom is -0.481 e. The lowest BCUT2D eigenvalue weighted by molar-refractivity contribution is -0.137. The number of ether oxygens (including phenoxy) is 2. The minimum absolute atomic E-state index is 0.0450. The van der Waals surface area contributed by atoms with E-state index in [4.69, 9.17) is 9.47 Å². The Hall–Kier alpha value is -1.07. The lowest BCUT2D eigenvalue weighted by Crippen LogP contribution is -2.39. The molecule has 5 heteroatoms. The average Bonchev–Trinajstić information content (AvgIpc) is 2.87. The molecule has 1 aromatic carbocycles. The van der Waals surface area contributed by atoms with E-state index in [0.717, 1.165) is 24.0 Å². The summed E-state index contributed by atoms with van der Waals surface area (Å²) in [4.78, 5) is 14.2. The van der Waals surface area contributed by atoms with Crippen molar-refractivity contribution in [3.05, 3.63) is 28.7 Å². The van der Waals surface area contributed by atoms with Gasteiger partial charge in [-0.3, -0.25) is 4.79 Å². The molecule has 1 aliphatic heterocycles. The van der Waals surface area contributed by atoms with Gasteiger partial charge in [-0.15, -0.1) is 0 Å². The largest absolute Gasteiger partial charge is 0.481 e. The van der Waals surface area contributed by atoms with Crippen LogP contribution in [0.2, 0.25) is 0 Å². The fourth-order valence-electron chi connectivity index (χ4n) is 2.46. The predicted octanol–water partition coefficient (Wildman–Crippen LogP) is 2.71. The molecule has 2 atom stereocenters. The van der Waals surface area contributed by atoms with Gasteiger partial charge in [0.2, 0.25) is 0 Å². The topological polar surface area (TPSA) is 38.8 Å². The molecule has 0 radical (unpaired) electrons. The number of benzene rings is 1. The zero-order valence-corrected chi connectivity index (χ0v) is 13.4. The van der Waals surface area contributed by atoms with Crippen LogP contribution < -0.4 is 4.74 Å². The lowest BCUT2D eigenvalue weighted by atomic mass is 10.1. The second-order valence-corrected chi connectivity index (χ2v) is 6.03. The number of hydrogen-bond acceptors (Lipinski definition) is 3. The highest BCUT2D eigenvalue weighted by Gasteiger charge is 2.29. The van der Waals surface area contributed by atoms with Crippen LogP contribution in [-0.4, -0.2) is 43.7 Å². The molecule has 2 rings (SSSR count). The number of carbonyl (C=O) groups is 1. The third-order valence-electron chi connectivity index (χ3n) is 3.46. The molecule has 0 aromatic heterocycles. The van der Waals surface area contributed by atoms with Crippen molar-refractivity contribution in [3.63, 3.8) is 0 Å². The van der Waals surface area contributed by atoms with Crippen LogP contribution in [0.5, 0.6) is 5.75 Å². The van der Waals surface area contributed by atoms with E-state index in [9.17, 15) is 4.79 Å². The van der Waals surface area contributed by atoms with E-state index in [1.807, 2.05) is 29.2 Å². The van der Waals surface area contributed by atoms with Crippen molar-refractivity contribution in [1.29, 1.82) is 0 Å². The lowest BCUT2D eigenvalue weighted by Gasteiger charge is -2.22. The molecule has 0 saturated carbocycles. The van der Waals surface area contributed by atoms with Crippen molar-refractivity contribution >= 4 is 21.8 Å². The zero-order valence-electron chi connectivity index (χ0n) is 11.8. The highest BCUT2D eigenvalue weighted by Crippen LogP contribution is 2.21. The van der Waals surface area contributed by atoms with Crippen LogP contribution in [0.1, 0.15) is 13.3 Å². The van der Waals surface area contributed by atoms with Gasteiger partial charge in [-0.25, -0.2) is 0 Å². The van der Waals surface area contributed by atoms with E-state index in [2.05, 4.69) is 15.9 Å². The third-order valence-corrected chi connectivity index (χ3v) is 3.95. The summed E-state index contributed by atoms with van der Waals surface area (Å²) >= 11 is 3.39. The van der Waals surface area contributed by atoms with Crippen molar-refractivity contribution in [2.75, 3.05) is 26.8 Å². The fraction of sp³-hybridized carbons (Fsp3) is 0.533. The number of hydrogen-bond donors (Lipinski definition) is 0. The van der Waals surface area contributed by atoms with Crippen LogP contribution in [0.15, 0.2) is 28.7 Å². The van der Waals surface area contributed by atoms with E-state index >= 15 is 0 Å². The van der Waals surface area contributed by atoms with E-state index in [-0.39, 0.29) is 5.91 Å². The van der Waals surface area contributed by atoms with Crippen molar-refractivity contribution < 1.29 is 14.3 Å². The number of halogens is 1. The smallest absolute Gasteiger partial charge is 0.263 e. The summed E-state index contributed by atoms with van der Waals surface area (Å²) in [5, 5.41) is 0. The van der Waals surface area contributed by atoms with Crippen molar-refractivity contribution in [3.8, 4) is 5.75 Å². The molecule has 0 bridgehead atoms. The molecule has 1 aliphatic rings. The third kappa shape index (κ3) is 3.96. The number of amides is 1. The predicted molar refractivity (Wildman–Crippen MR) is 80.8 cm³/mol. The maximum atomic E-state index is 12.3. The van der Waals surface area contributed by atoms with Gasteiger partial charge in [-0.2, -0.15) is 0 Å². The standard InChI is InChI=1S/C15H20BrNO3/c1-11(20-14-5-3-4-13(16)8-14)15(18)17-7-6-12(9-17)10-19-2/h3-5,8,11-12H,6-7,9-10H2,1-2H3/t11-,12+/m0/s1. The van der Waals surface area contributed by atoms with E-state index < -0.39 is 6.10 Å². The quantitative estimate of drug-likeness (QED) is 0.826. The molecule has 110 valence electrons. The number of carbonyl (C=O) groups excluding carboxylic acids is 1. The maximum absolute atomic E-state index is 12.3. The summed E-state index contributed by atoms with van der Waals surface area (Å²) in [6.45, 7) is 4.06. The van der Waals surface area contributed by atoms with E-state index in [1.54, 1.807) is 14.0 Å². The molecule has 1 saturated heterocycles. The molecule has 1 aromatic rings. The summed E-state index contributed by atoms with van der Waals surface area (Å²) in [5.74, 6) is 1.19. The summed E-state index contributed by atoms with van der Waals surface area (Å²) in [7, 11) is 1.70. The van der Waals surface area contributed by atoms with Gasteiger partial charge in [0.1, 0.15) is 5.75 Å². The molecule has 20 heavy (non-hydrogen) atoms. The summed E-state index contributed by atoms with van der Waals surface area (Å²) in [5.41, 5.74) is 0. The summed E-state index contributed by atoms with van der Waals surface area (Å²) in [6, 6.07) is 7.53. The fourth-order valence-corrected chi connectivity index (χ4v) is 2.83. The molecule has 0 unspecified atom stereocenters. The first-order valence-electron chi connectivity index (χ1n) is 6.80. The first-order chi connectivity index (χ1) is 9.60. The SMILES string of the molecule is COC[C@@H]1CCN(C(=O)[C@H](C)Oc2cccc(Br)c2)C1. The molecule has 1 fully saturated rings. The molecule has 1 heterocycles. The number of likely N-dealkylation sites (tertiary alicyclic amines) is 1. The molecular formula is C15H20BrNO3. The number of rotatable bonds is 5. The van der Waals surface area contributed by atoms with Gasteiger partial charge in [0.05, 0.1) is 6.61 Å². The number of methoxy groups -OCH3 is 1. The normalized spacial score (nSPS) is 19.9. The Morgan fingerprint density at radius 1 is 1.55 bits per heavy atom.